The number of hydrazone groups is 1. The number of methoxy groups -OCH3 is 1. The molecule has 0 saturated carbocycles. The van der Waals surface area contributed by atoms with Crippen LogP contribution < -0.4 is 20.2 Å². The van der Waals surface area contributed by atoms with Crippen molar-refractivity contribution in [1.82, 2.24) is 5.43 Å². The molecule has 3 aromatic rings. The number of nitrogens with zero attached hydrogens (tertiary/aromatic N) is 1. The Morgan fingerprint density at radius 2 is 1.68 bits per heavy atom. The highest BCUT2D eigenvalue weighted by molar-refractivity contribution is 9.10. The largest absolute Gasteiger partial charge is 0.493 e. The second-order valence-electron chi connectivity index (χ2n) is 7.69. The van der Waals surface area contributed by atoms with Gasteiger partial charge in [-0.3, -0.25) is 9.59 Å². The Balaban J connectivity index is 1.62. The molecule has 3 rings (SSSR count). The van der Waals surface area contributed by atoms with E-state index in [9.17, 15) is 9.59 Å². The van der Waals surface area contributed by atoms with E-state index in [0.717, 1.165) is 15.6 Å². The molecule has 0 fully saturated rings. The zero-order valence-electron chi connectivity index (χ0n) is 19.4. The van der Waals surface area contributed by atoms with Crippen molar-refractivity contribution in [1.29, 1.82) is 0 Å². The van der Waals surface area contributed by atoms with Crippen LogP contribution in [-0.4, -0.2) is 24.6 Å². The van der Waals surface area contributed by atoms with Gasteiger partial charge in [0.05, 0.1) is 12.8 Å². The van der Waals surface area contributed by atoms with Gasteiger partial charge in [-0.05, 0) is 68.3 Å². The van der Waals surface area contributed by atoms with Gasteiger partial charge in [-0.25, -0.2) is 5.43 Å². The number of carbonyl (C=O) groups excluding carboxylic acids is 2. The first-order valence-corrected chi connectivity index (χ1v) is 11.3. The molecule has 3 aromatic carbocycles. The van der Waals surface area contributed by atoms with Gasteiger partial charge in [0, 0.05) is 15.7 Å². The van der Waals surface area contributed by atoms with E-state index in [-0.39, 0.29) is 0 Å². The van der Waals surface area contributed by atoms with Crippen LogP contribution in [0.1, 0.15) is 29.2 Å². The van der Waals surface area contributed by atoms with Crippen molar-refractivity contribution in [2.24, 2.45) is 5.10 Å². The summed E-state index contributed by atoms with van der Waals surface area (Å²) < 4.78 is 12.2. The van der Waals surface area contributed by atoms with Gasteiger partial charge in [0.25, 0.3) is 0 Å². The average Bonchev–Trinajstić information content (AvgIpc) is 2.83. The van der Waals surface area contributed by atoms with Gasteiger partial charge in [-0.2, -0.15) is 5.10 Å². The number of rotatable bonds is 7. The second-order valence-corrected chi connectivity index (χ2v) is 8.61. The number of hydrogen-bond acceptors (Lipinski definition) is 5. The van der Waals surface area contributed by atoms with Gasteiger partial charge in [0.1, 0.15) is 6.61 Å². The smallest absolute Gasteiger partial charge is 0.329 e. The molecule has 0 radical (unpaired) electrons. The van der Waals surface area contributed by atoms with Gasteiger partial charge < -0.3 is 14.8 Å². The quantitative estimate of drug-likeness (QED) is 0.255. The van der Waals surface area contributed by atoms with Crippen molar-refractivity contribution in [2.45, 2.75) is 27.4 Å². The molecule has 176 valence electrons. The van der Waals surface area contributed by atoms with Gasteiger partial charge in [-0.1, -0.05) is 45.8 Å². The van der Waals surface area contributed by atoms with E-state index < -0.39 is 11.8 Å². The van der Waals surface area contributed by atoms with E-state index in [2.05, 4.69) is 31.8 Å². The topological polar surface area (TPSA) is 89.0 Å². The maximum Gasteiger partial charge on any atom is 0.329 e. The van der Waals surface area contributed by atoms with Gasteiger partial charge >= 0.3 is 11.8 Å². The van der Waals surface area contributed by atoms with Gasteiger partial charge in [0.2, 0.25) is 0 Å². The highest BCUT2D eigenvalue weighted by Gasteiger charge is 2.15. The van der Waals surface area contributed by atoms with Crippen molar-refractivity contribution in [3.63, 3.8) is 0 Å². The Kier molecular flexibility index (Phi) is 8.43. The molecule has 0 aliphatic rings. The first kappa shape index (κ1) is 25.0. The number of nitrogens with one attached hydrogen (secondary N) is 2. The normalized spacial score (nSPS) is 11.0. The molecule has 34 heavy (non-hydrogen) atoms. The lowest BCUT2D eigenvalue weighted by molar-refractivity contribution is -0.136. The molecule has 7 nitrogen and oxygen atoms in total. The van der Waals surface area contributed by atoms with Crippen LogP contribution in [-0.2, 0) is 16.2 Å². The maximum absolute atomic E-state index is 12.2. The van der Waals surface area contributed by atoms with Crippen molar-refractivity contribution in [3.05, 3.63) is 87.4 Å². The number of aryl methyl sites for hydroxylation is 2. The Morgan fingerprint density at radius 1 is 0.941 bits per heavy atom. The van der Waals surface area contributed by atoms with Crippen LogP contribution in [0.2, 0.25) is 0 Å². The zero-order valence-corrected chi connectivity index (χ0v) is 21.0. The Morgan fingerprint density at radius 3 is 2.35 bits per heavy atom. The molecule has 0 atom stereocenters. The fourth-order valence-electron chi connectivity index (χ4n) is 3.05. The first-order valence-electron chi connectivity index (χ1n) is 10.6. The van der Waals surface area contributed by atoms with E-state index in [4.69, 9.17) is 9.47 Å². The van der Waals surface area contributed by atoms with Crippen LogP contribution in [0.15, 0.2) is 70.2 Å². The number of hydrogen-bond donors (Lipinski definition) is 2. The van der Waals surface area contributed by atoms with Crippen molar-refractivity contribution in [2.75, 3.05) is 12.4 Å². The van der Waals surface area contributed by atoms with E-state index in [1.807, 2.05) is 50.2 Å². The fourth-order valence-corrected chi connectivity index (χ4v) is 3.53. The lowest BCUT2D eigenvalue weighted by Gasteiger charge is -2.12. The molecule has 0 saturated heterocycles. The molecule has 8 heteroatoms. The third-order valence-electron chi connectivity index (χ3n) is 5.06. The summed E-state index contributed by atoms with van der Waals surface area (Å²) in [4.78, 5) is 24.4. The third kappa shape index (κ3) is 6.68. The SMILES string of the molecule is COc1cc(/C(C)=N/NC(=O)C(=O)Nc2ccc(Br)cc2C)ccc1OCc1ccc(C)cc1. The standard InChI is InChI=1S/C26H26BrN3O4/c1-16-5-7-19(8-6-16)15-34-23-12-9-20(14-24(23)33-4)18(3)29-30-26(32)25(31)28-22-11-10-21(27)13-17(22)2/h5-14H,15H2,1-4H3,(H,28,31)(H,30,32)/b29-18+. The summed E-state index contributed by atoms with van der Waals surface area (Å²) in [6.07, 6.45) is 0. The minimum atomic E-state index is -0.869. The lowest BCUT2D eigenvalue weighted by Crippen LogP contribution is -2.33. The fraction of sp³-hybridized carbons (Fsp3) is 0.192. The number of ether oxygens (including phenoxy) is 2. The molecule has 0 spiro atoms. The predicted octanol–water partition coefficient (Wildman–Crippen LogP) is 5.13. The van der Waals surface area contributed by atoms with Crippen molar-refractivity contribution in [3.8, 4) is 11.5 Å². The van der Waals surface area contributed by atoms with E-state index in [1.54, 1.807) is 38.3 Å². The van der Waals surface area contributed by atoms with E-state index in [1.165, 1.54) is 5.56 Å². The summed E-state index contributed by atoms with van der Waals surface area (Å²) in [5.74, 6) is -0.548. The summed E-state index contributed by atoms with van der Waals surface area (Å²) in [7, 11) is 1.56. The van der Waals surface area contributed by atoms with Crippen molar-refractivity contribution < 1.29 is 19.1 Å². The van der Waals surface area contributed by atoms with E-state index in [0.29, 0.717) is 35.1 Å². The third-order valence-corrected chi connectivity index (χ3v) is 5.56. The van der Waals surface area contributed by atoms with Crippen LogP contribution in [0.4, 0.5) is 5.69 Å². The summed E-state index contributed by atoms with van der Waals surface area (Å²) in [5.41, 5.74) is 7.12. The van der Waals surface area contributed by atoms with Crippen LogP contribution in [0, 0.1) is 13.8 Å². The Hall–Kier alpha value is -3.65. The van der Waals surface area contributed by atoms with Gasteiger partial charge in [0.15, 0.2) is 11.5 Å². The van der Waals surface area contributed by atoms with Crippen molar-refractivity contribution >= 4 is 39.1 Å². The average molecular weight is 524 g/mol. The van der Waals surface area contributed by atoms with Crippen LogP contribution >= 0.6 is 15.9 Å². The number of halogens is 1. The minimum Gasteiger partial charge on any atom is -0.493 e. The van der Waals surface area contributed by atoms with E-state index >= 15 is 0 Å². The number of anilines is 1. The first-order chi connectivity index (χ1) is 16.3. The highest BCUT2D eigenvalue weighted by atomic mass is 79.9. The van der Waals surface area contributed by atoms with Gasteiger partial charge in [-0.15, -0.1) is 0 Å². The molecule has 0 heterocycles. The molecule has 0 bridgehead atoms. The molecular formula is C26H26BrN3O4. The molecule has 0 aliphatic heterocycles. The minimum absolute atomic E-state index is 0.409. The summed E-state index contributed by atoms with van der Waals surface area (Å²) >= 11 is 3.36. The molecule has 0 unspecified atom stereocenters. The molecule has 2 amide bonds. The summed E-state index contributed by atoms with van der Waals surface area (Å²) in [6, 6.07) is 18.8. The monoisotopic (exact) mass is 523 g/mol. The molecular weight excluding hydrogens is 498 g/mol. The predicted molar refractivity (Wildman–Crippen MR) is 136 cm³/mol. The molecule has 2 N–H and O–H groups in total. The number of amides is 2. The zero-order chi connectivity index (χ0) is 24.7. The Bertz CT molecular complexity index is 1220. The van der Waals surface area contributed by atoms with Crippen LogP contribution in [0.3, 0.4) is 0 Å². The highest BCUT2D eigenvalue weighted by Crippen LogP contribution is 2.29. The summed E-state index contributed by atoms with van der Waals surface area (Å²) in [6.45, 7) is 6.00. The number of benzene rings is 3. The second kappa shape index (κ2) is 11.5. The summed E-state index contributed by atoms with van der Waals surface area (Å²) in [5, 5.41) is 6.63. The lowest BCUT2D eigenvalue weighted by atomic mass is 10.1. The molecule has 0 aliphatic carbocycles. The molecule has 0 aromatic heterocycles. The Labute approximate surface area is 207 Å². The maximum atomic E-state index is 12.2. The van der Waals surface area contributed by atoms with Crippen LogP contribution in [0.5, 0.6) is 11.5 Å². The number of carbonyl (C=O) groups is 2. The van der Waals surface area contributed by atoms with Crippen LogP contribution in [0.25, 0.3) is 0 Å².